The molecule has 146 valence electrons. The Morgan fingerprint density at radius 3 is 2.54 bits per heavy atom. The molecule has 1 saturated heterocycles. The number of carbonyl (C=O) groups excluding carboxylic acids is 3. The van der Waals surface area contributed by atoms with Crippen molar-refractivity contribution in [2.45, 2.75) is 25.8 Å². The molecule has 2 aliphatic heterocycles. The number of fused-ring (bicyclic) bond motifs is 1. The summed E-state index contributed by atoms with van der Waals surface area (Å²) in [7, 11) is 0. The van der Waals surface area contributed by atoms with Crippen LogP contribution in [0.25, 0.3) is 0 Å². The van der Waals surface area contributed by atoms with E-state index in [1.807, 2.05) is 0 Å². The van der Waals surface area contributed by atoms with Crippen LogP contribution in [-0.4, -0.2) is 24.3 Å². The van der Waals surface area contributed by atoms with E-state index in [-0.39, 0.29) is 42.6 Å². The van der Waals surface area contributed by atoms with Gasteiger partial charge in [0.1, 0.15) is 5.82 Å². The van der Waals surface area contributed by atoms with Crippen LogP contribution < -0.4 is 15.5 Å². The number of nitrogens with one attached hydrogen (secondary N) is 2. The second-order valence-corrected chi connectivity index (χ2v) is 6.65. The Labute approximate surface area is 167 Å². The largest absolute Gasteiger partial charge is 0.322 e. The molecule has 2 heterocycles. The first-order valence-electron chi connectivity index (χ1n) is 8.82. The quantitative estimate of drug-likeness (QED) is 0.772. The van der Waals surface area contributed by atoms with Crippen LogP contribution in [-0.2, 0) is 22.6 Å². The molecule has 6 nitrogen and oxygen atoms in total. The molecule has 2 aromatic carbocycles. The third-order valence-corrected chi connectivity index (χ3v) is 4.83. The maximum atomic E-state index is 14.4. The zero-order chi connectivity index (χ0) is 19.0. The predicted octanol–water partition coefficient (Wildman–Crippen LogP) is 2.80. The van der Waals surface area contributed by atoms with Crippen molar-refractivity contribution in [1.82, 2.24) is 5.32 Å². The number of amides is 3. The lowest BCUT2D eigenvalue weighted by Gasteiger charge is -2.18. The van der Waals surface area contributed by atoms with Crippen molar-refractivity contribution in [3.63, 3.8) is 0 Å². The molecule has 0 saturated carbocycles. The molecular formula is C20H19ClFN3O3. The fourth-order valence-corrected chi connectivity index (χ4v) is 3.46. The molecule has 0 aromatic heterocycles. The highest BCUT2D eigenvalue weighted by Crippen LogP contribution is 2.26. The monoisotopic (exact) mass is 403 g/mol. The van der Waals surface area contributed by atoms with Gasteiger partial charge in [-0.1, -0.05) is 6.07 Å². The van der Waals surface area contributed by atoms with Gasteiger partial charge in [-0.15, -0.1) is 12.4 Å². The van der Waals surface area contributed by atoms with E-state index in [9.17, 15) is 18.8 Å². The number of nitrogens with zero attached hydrogens (tertiary/aromatic N) is 1. The topological polar surface area (TPSA) is 78.5 Å². The molecule has 1 fully saturated rings. The van der Waals surface area contributed by atoms with Crippen LogP contribution in [0.15, 0.2) is 36.4 Å². The van der Waals surface area contributed by atoms with Crippen molar-refractivity contribution in [1.29, 1.82) is 0 Å². The third-order valence-electron chi connectivity index (χ3n) is 4.83. The van der Waals surface area contributed by atoms with Gasteiger partial charge in [-0.25, -0.2) is 4.39 Å². The van der Waals surface area contributed by atoms with Gasteiger partial charge in [0, 0.05) is 25.1 Å². The van der Waals surface area contributed by atoms with Crippen molar-refractivity contribution in [2.24, 2.45) is 0 Å². The summed E-state index contributed by atoms with van der Waals surface area (Å²) in [6.45, 7) is 1.39. The van der Waals surface area contributed by atoms with Crippen molar-refractivity contribution < 1.29 is 18.8 Å². The minimum Gasteiger partial charge on any atom is -0.322 e. The molecular weight excluding hydrogens is 385 g/mol. The summed E-state index contributed by atoms with van der Waals surface area (Å²) in [6, 6.07) is 9.42. The zero-order valence-corrected chi connectivity index (χ0v) is 15.8. The van der Waals surface area contributed by atoms with Crippen LogP contribution in [0.5, 0.6) is 0 Å². The standard InChI is InChI=1S/C20H18FN3O3.ClH/c21-17-9-12-6-7-22-11-13(12)8-16(17)20(27)23-14-2-1-3-15(10-14)24-18(25)4-5-19(24)26;/h1-3,8-10,22H,4-7,11H2,(H,23,27);1H. The fraction of sp³-hybridized carbons (Fsp3) is 0.250. The Kier molecular flexibility index (Phi) is 5.76. The first kappa shape index (κ1) is 20.0. The maximum Gasteiger partial charge on any atom is 0.258 e. The zero-order valence-electron chi connectivity index (χ0n) is 15.0. The van der Waals surface area contributed by atoms with Crippen molar-refractivity contribution in [3.8, 4) is 0 Å². The number of benzene rings is 2. The molecule has 3 amide bonds. The lowest BCUT2D eigenvalue weighted by Crippen LogP contribution is -2.28. The highest BCUT2D eigenvalue weighted by molar-refractivity contribution is 6.20. The molecule has 0 radical (unpaired) electrons. The minimum absolute atomic E-state index is 0. The van der Waals surface area contributed by atoms with Gasteiger partial charge in [0.2, 0.25) is 11.8 Å². The Morgan fingerprint density at radius 2 is 1.79 bits per heavy atom. The van der Waals surface area contributed by atoms with Crippen LogP contribution >= 0.6 is 12.4 Å². The summed E-state index contributed by atoms with van der Waals surface area (Å²) < 4.78 is 14.4. The van der Waals surface area contributed by atoms with E-state index in [1.165, 1.54) is 12.1 Å². The first-order valence-corrected chi connectivity index (χ1v) is 8.82. The second-order valence-electron chi connectivity index (χ2n) is 6.65. The van der Waals surface area contributed by atoms with E-state index in [4.69, 9.17) is 0 Å². The lowest BCUT2D eigenvalue weighted by atomic mass is 9.97. The summed E-state index contributed by atoms with van der Waals surface area (Å²) in [4.78, 5) is 37.4. The summed E-state index contributed by atoms with van der Waals surface area (Å²) in [5, 5.41) is 5.85. The molecule has 0 aliphatic carbocycles. The molecule has 8 heteroatoms. The van der Waals surface area contributed by atoms with Crippen molar-refractivity contribution in [2.75, 3.05) is 16.8 Å². The van der Waals surface area contributed by atoms with Gasteiger partial charge < -0.3 is 10.6 Å². The fourth-order valence-electron chi connectivity index (χ4n) is 3.46. The first-order chi connectivity index (χ1) is 13.0. The van der Waals surface area contributed by atoms with Crippen LogP contribution in [0.2, 0.25) is 0 Å². The molecule has 0 atom stereocenters. The Morgan fingerprint density at radius 1 is 1.04 bits per heavy atom. The van der Waals surface area contributed by atoms with E-state index in [0.717, 1.165) is 29.0 Å². The number of anilines is 2. The average Bonchev–Trinajstić information content (AvgIpc) is 2.99. The van der Waals surface area contributed by atoms with Gasteiger partial charge in [0.25, 0.3) is 5.91 Å². The van der Waals surface area contributed by atoms with E-state index < -0.39 is 11.7 Å². The lowest BCUT2D eigenvalue weighted by molar-refractivity contribution is -0.121. The summed E-state index contributed by atoms with van der Waals surface area (Å²) >= 11 is 0. The number of rotatable bonds is 3. The second kappa shape index (κ2) is 8.08. The average molecular weight is 404 g/mol. The number of halogens is 2. The number of hydrogen-bond acceptors (Lipinski definition) is 4. The van der Waals surface area contributed by atoms with Gasteiger partial charge in [-0.2, -0.15) is 0 Å². The third kappa shape index (κ3) is 3.76. The van der Waals surface area contributed by atoms with E-state index in [2.05, 4.69) is 10.6 Å². The van der Waals surface area contributed by atoms with Gasteiger partial charge in [-0.05, 0) is 54.4 Å². The number of hydrogen-bond donors (Lipinski definition) is 2. The highest BCUT2D eigenvalue weighted by Gasteiger charge is 2.30. The minimum atomic E-state index is -0.572. The Hall–Kier alpha value is -2.77. The van der Waals surface area contributed by atoms with E-state index in [1.54, 1.807) is 24.3 Å². The van der Waals surface area contributed by atoms with Gasteiger partial charge >= 0.3 is 0 Å². The highest BCUT2D eigenvalue weighted by atomic mass is 35.5. The molecule has 0 unspecified atom stereocenters. The van der Waals surface area contributed by atoms with Crippen molar-refractivity contribution in [3.05, 3.63) is 58.9 Å². The van der Waals surface area contributed by atoms with E-state index >= 15 is 0 Å². The van der Waals surface area contributed by atoms with Crippen LogP contribution in [0.1, 0.15) is 34.3 Å². The summed E-state index contributed by atoms with van der Waals surface area (Å²) in [5.41, 5.74) is 2.58. The molecule has 4 rings (SSSR count). The number of imide groups is 1. The predicted molar refractivity (Wildman–Crippen MR) is 105 cm³/mol. The molecule has 0 bridgehead atoms. The molecule has 2 aromatic rings. The maximum absolute atomic E-state index is 14.4. The van der Waals surface area contributed by atoms with Crippen molar-refractivity contribution >= 4 is 41.5 Å². The van der Waals surface area contributed by atoms with Gasteiger partial charge in [0.15, 0.2) is 0 Å². The van der Waals surface area contributed by atoms with Crippen LogP contribution in [0, 0.1) is 5.82 Å². The SMILES string of the molecule is Cl.O=C(Nc1cccc(N2C(=O)CCC2=O)c1)c1cc2c(cc1F)CCNC2. The number of carbonyl (C=O) groups is 3. The molecule has 2 N–H and O–H groups in total. The Bertz CT molecular complexity index is 948. The van der Waals surface area contributed by atoms with Gasteiger partial charge in [-0.3, -0.25) is 19.3 Å². The Balaban J connectivity index is 0.00000225. The summed E-state index contributed by atoms with van der Waals surface area (Å²) in [5.74, 6) is -1.67. The summed E-state index contributed by atoms with van der Waals surface area (Å²) in [6.07, 6.45) is 1.10. The van der Waals surface area contributed by atoms with Gasteiger partial charge in [0.05, 0.1) is 11.3 Å². The van der Waals surface area contributed by atoms with E-state index in [0.29, 0.717) is 17.9 Å². The molecule has 2 aliphatic rings. The molecule has 28 heavy (non-hydrogen) atoms. The normalized spacial score (nSPS) is 15.8. The molecule has 0 spiro atoms. The smallest absolute Gasteiger partial charge is 0.258 e. The van der Waals surface area contributed by atoms with Crippen LogP contribution in [0.4, 0.5) is 15.8 Å². The van der Waals surface area contributed by atoms with Crippen LogP contribution in [0.3, 0.4) is 0 Å².